The van der Waals surface area contributed by atoms with Crippen LogP contribution in [0.1, 0.15) is 21.4 Å². The zero-order chi connectivity index (χ0) is 12.4. The fourth-order valence-corrected chi connectivity index (χ4v) is 2.61. The van der Waals surface area contributed by atoms with Crippen molar-refractivity contribution in [3.8, 4) is 5.75 Å². The van der Waals surface area contributed by atoms with E-state index in [1.165, 1.54) is 4.88 Å². The van der Waals surface area contributed by atoms with Gasteiger partial charge in [0.1, 0.15) is 11.9 Å². The van der Waals surface area contributed by atoms with E-state index >= 15 is 0 Å². The third kappa shape index (κ3) is 2.28. The van der Waals surface area contributed by atoms with Gasteiger partial charge in [-0.15, -0.1) is 11.3 Å². The van der Waals surface area contributed by atoms with Gasteiger partial charge in [-0.3, -0.25) is 0 Å². The molecule has 2 aromatic rings. The molecule has 0 spiro atoms. The summed E-state index contributed by atoms with van der Waals surface area (Å²) >= 11 is 1.57. The molecule has 0 amide bonds. The van der Waals surface area contributed by atoms with Crippen molar-refractivity contribution < 1.29 is 9.84 Å². The van der Waals surface area contributed by atoms with Crippen molar-refractivity contribution in [2.75, 3.05) is 12.8 Å². The molecule has 1 heterocycles. The van der Waals surface area contributed by atoms with E-state index in [1.54, 1.807) is 24.5 Å². The minimum Gasteiger partial charge on any atom is -0.495 e. The van der Waals surface area contributed by atoms with Crippen LogP contribution in [0.5, 0.6) is 5.75 Å². The van der Waals surface area contributed by atoms with E-state index in [1.807, 2.05) is 31.2 Å². The third-order valence-corrected chi connectivity index (χ3v) is 3.70. The Balaban J connectivity index is 2.40. The lowest BCUT2D eigenvalue weighted by atomic mass is 10.1. The number of hydrogen-bond donors (Lipinski definition) is 2. The van der Waals surface area contributed by atoms with Gasteiger partial charge in [0.15, 0.2) is 0 Å². The van der Waals surface area contributed by atoms with Crippen LogP contribution in [0.2, 0.25) is 0 Å². The highest BCUT2D eigenvalue weighted by atomic mass is 32.1. The number of thiophene rings is 1. The van der Waals surface area contributed by atoms with Crippen LogP contribution in [0.4, 0.5) is 5.69 Å². The van der Waals surface area contributed by atoms with Crippen molar-refractivity contribution in [3.05, 3.63) is 45.6 Å². The first kappa shape index (κ1) is 12.0. The zero-order valence-electron chi connectivity index (χ0n) is 9.81. The Labute approximate surface area is 104 Å². The smallest absolute Gasteiger partial charge is 0.142 e. The summed E-state index contributed by atoms with van der Waals surface area (Å²) in [5.41, 5.74) is 7.14. The highest BCUT2D eigenvalue weighted by Crippen LogP contribution is 2.35. The Morgan fingerprint density at radius 3 is 2.65 bits per heavy atom. The number of para-hydroxylation sites is 1. The second-order valence-corrected chi connectivity index (χ2v) is 5.13. The summed E-state index contributed by atoms with van der Waals surface area (Å²) in [5.74, 6) is 0.592. The largest absolute Gasteiger partial charge is 0.495 e. The van der Waals surface area contributed by atoms with E-state index in [4.69, 9.17) is 10.5 Å². The number of aryl methyl sites for hydroxylation is 1. The number of rotatable bonds is 3. The van der Waals surface area contributed by atoms with Crippen LogP contribution < -0.4 is 10.5 Å². The fraction of sp³-hybridized carbons (Fsp3) is 0.231. The number of nitrogen functional groups attached to an aromatic ring is 1. The highest BCUT2D eigenvalue weighted by Gasteiger charge is 2.17. The molecule has 0 saturated carbocycles. The molecule has 0 bridgehead atoms. The van der Waals surface area contributed by atoms with Gasteiger partial charge >= 0.3 is 0 Å². The van der Waals surface area contributed by atoms with E-state index in [2.05, 4.69) is 0 Å². The quantitative estimate of drug-likeness (QED) is 0.822. The van der Waals surface area contributed by atoms with Crippen LogP contribution in [0, 0.1) is 6.92 Å². The molecule has 90 valence electrons. The zero-order valence-corrected chi connectivity index (χ0v) is 10.6. The normalized spacial score (nSPS) is 12.4. The van der Waals surface area contributed by atoms with Crippen LogP contribution >= 0.6 is 11.3 Å². The molecule has 4 heteroatoms. The van der Waals surface area contributed by atoms with Gasteiger partial charge in [-0.25, -0.2) is 0 Å². The average molecular weight is 249 g/mol. The number of ether oxygens (including phenoxy) is 1. The first-order chi connectivity index (χ1) is 8.13. The lowest BCUT2D eigenvalue weighted by molar-refractivity contribution is 0.224. The Morgan fingerprint density at radius 1 is 1.29 bits per heavy atom. The van der Waals surface area contributed by atoms with Gasteiger partial charge in [-0.1, -0.05) is 12.1 Å². The second kappa shape index (κ2) is 4.77. The molecule has 0 fully saturated rings. The minimum absolute atomic E-state index is 0.494. The van der Waals surface area contributed by atoms with Crippen molar-refractivity contribution in [1.29, 1.82) is 0 Å². The number of aliphatic hydroxyl groups excluding tert-OH is 1. The molecule has 1 aromatic carbocycles. The van der Waals surface area contributed by atoms with Crippen molar-refractivity contribution >= 4 is 17.0 Å². The molecule has 3 N–H and O–H groups in total. The topological polar surface area (TPSA) is 55.5 Å². The first-order valence-electron chi connectivity index (χ1n) is 5.30. The number of benzene rings is 1. The van der Waals surface area contributed by atoms with Gasteiger partial charge in [0, 0.05) is 15.3 Å². The van der Waals surface area contributed by atoms with Gasteiger partial charge in [-0.2, -0.15) is 0 Å². The first-order valence-corrected chi connectivity index (χ1v) is 6.12. The summed E-state index contributed by atoms with van der Waals surface area (Å²) < 4.78 is 5.14. The lowest BCUT2D eigenvalue weighted by Crippen LogP contribution is -2.03. The Kier molecular flexibility index (Phi) is 3.36. The minimum atomic E-state index is -0.691. The van der Waals surface area contributed by atoms with Crippen molar-refractivity contribution in [2.45, 2.75) is 13.0 Å². The second-order valence-electron chi connectivity index (χ2n) is 3.81. The van der Waals surface area contributed by atoms with Crippen LogP contribution in [0.3, 0.4) is 0 Å². The van der Waals surface area contributed by atoms with Crippen molar-refractivity contribution in [2.24, 2.45) is 0 Å². The molecule has 0 aliphatic carbocycles. The summed E-state index contributed by atoms with van der Waals surface area (Å²) in [6, 6.07) is 9.33. The molecule has 0 aliphatic heterocycles. The molecule has 2 rings (SSSR count). The fourth-order valence-electron chi connectivity index (χ4n) is 1.73. The summed E-state index contributed by atoms with van der Waals surface area (Å²) in [6.45, 7) is 2.01. The van der Waals surface area contributed by atoms with Gasteiger partial charge in [0.25, 0.3) is 0 Å². The molecule has 1 atom stereocenters. The van der Waals surface area contributed by atoms with Crippen LogP contribution in [-0.4, -0.2) is 12.2 Å². The highest BCUT2D eigenvalue weighted by molar-refractivity contribution is 7.12. The van der Waals surface area contributed by atoms with E-state index in [9.17, 15) is 5.11 Å². The SMILES string of the molecule is COc1cccc(C(O)c2ccc(C)s2)c1N. The Morgan fingerprint density at radius 2 is 2.06 bits per heavy atom. The number of nitrogens with two attached hydrogens (primary N) is 1. The molecule has 1 unspecified atom stereocenters. The number of anilines is 1. The molecule has 1 aromatic heterocycles. The third-order valence-electron chi connectivity index (χ3n) is 2.64. The summed E-state index contributed by atoms with van der Waals surface area (Å²) in [5, 5.41) is 10.3. The van der Waals surface area contributed by atoms with Crippen molar-refractivity contribution in [1.82, 2.24) is 0 Å². The maximum absolute atomic E-state index is 10.3. The molecular weight excluding hydrogens is 234 g/mol. The summed E-state index contributed by atoms with van der Waals surface area (Å²) in [7, 11) is 1.57. The van der Waals surface area contributed by atoms with Crippen LogP contribution in [-0.2, 0) is 0 Å². The van der Waals surface area contributed by atoms with E-state index in [0.29, 0.717) is 17.0 Å². The standard InChI is InChI=1S/C13H15NO2S/c1-8-6-7-11(17-8)13(15)9-4-3-5-10(16-2)12(9)14/h3-7,13,15H,14H2,1-2H3. The molecule has 17 heavy (non-hydrogen) atoms. The summed E-state index contributed by atoms with van der Waals surface area (Å²) in [6.07, 6.45) is -0.691. The number of hydrogen-bond acceptors (Lipinski definition) is 4. The number of methoxy groups -OCH3 is 1. The van der Waals surface area contributed by atoms with E-state index in [-0.39, 0.29) is 0 Å². The van der Waals surface area contributed by atoms with Crippen molar-refractivity contribution in [3.63, 3.8) is 0 Å². The van der Waals surface area contributed by atoms with Crippen LogP contribution in [0.25, 0.3) is 0 Å². The summed E-state index contributed by atoms with van der Waals surface area (Å²) in [4.78, 5) is 2.06. The molecule has 0 saturated heterocycles. The van der Waals surface area contributed by atoms with Gasteiger partial charge in [0.05, 0.1) is 12.8 Å². The maximum Gasteiger partial charge on any atom is 0.142 e. The lowest BCUT2D eigenvalue weighted by Gasteiger charge is -2.14. The predicted octanol–water partition coefficient (Wildman–Crippen LogP) is 2.73. The van der Waals surface area contributed by atoms with Gasteiger partial charge in [-0.05, 0) is 25.1 Å². The molecule has 0 aliphatic rings. The van der Waals surface area contributed by atoms with Crippen LogP contribution in [0.15, 0.2) is 30.3 Å². The van der Waals surface area contributed by atoms with E-state index < -0.39 is 6.10 Å². The molecule has 0 radical (unpaired) electrons. The maximum atomic E-state index is 10.3. The molecular formula is C13H15NO2S. The van der Waals surface area contributed by atoms with Gasteiger partial charge in [0.2, 0.25) is 0 Å². The Bertz CT molecular complexity index is 522. The predicted molar refractivity (Wildman–Crippen MR) is 70.5 cm³/mol. The monoisotopic (exact) mass is 249 g/mol. The molecule has 3 nitrogen and oxygen atoms in total. The average Bonchev–Trinajstić information content (AvgIpc) is 2.75. The number of aliphatic hydroxyl groups is 1. The Hall–Kier alpha value is -1.52. The van der Waals surface area contributed by atoms with E-state index in [0.717, 1.165) is 4.88 Å². The van der Waals surface area contributed by atoms with Gasteiger partial charge < -0.3 is 15.6 Å².